The molecule has 1 aliphatic carbocycles. The number of imide groups is 1. The zero-order valence-corrected chi connectivity index (χ0v) is 16.8. The number of rotatable bonds is 4. The third-order valence-corrected chi connectivity index (χ3v) is 5.74. The maximum Gasteiger partial charge on any atom is 0.257 e. The van der Waals surface area contributed by atoms with Gasteiger partial charge in [-0.2, -0.15) is 0 Å². The monoisotopic (exact) mass is 402 g/mol. The van der Waals surface area contributed by atoms with Crippen LogP contribution in [0.2, 0.25) is 0 Å². The van der Waals surface area contributed by atoms with Crippen LogP contribution < -0.4 is 10.2 Å². The molecule has 0 aromatic heterocycles. The highest BCUT2D eigenvalue weighted by Crippen LogP contribution is 2.40. The highest BCUT2D eigenvalue weighted by molar-refractivity contribution is 6.25. The lowest BCUT2D eigenvalue weighted by Crippen LogP contribution is -2.33. The summed E-state index contributed by atoms with van der Waals surface area (Å²) in [5.74, 6) is -1.80. The van der Waals surface area contributed by atoms with Gasteiger partial charge < -0.3 is 5.32 Å². The molecule has 0 spiro atoms. The number of amides is 3. The van der Waals surface area contributed by atoms with Gasteiger partial charge in [0, 0.05) is 11.3 Å². The number of para-hydroxylation sites is 1. The highest BCUT2D eigenvalue weighted by atomic mass is 16.2. The van der Waals surface area contributed by atoms with Crippen molar-refractivity contribution < 1.29 is 19.2 Å². The molecular weight excluding hydrogens is 380 g/mol. The van der Waals surface area contributed by atoms with E-state index in [1.54, 1.807) is 48.5 Å². The number of nitrogens with zero attached hydrogens (tertiary/aromatic N) is 1. The Hall–Kier alpha value is -3.54. The highest BCUT2D eigenvalue weighted by Gasteiger charge is 2.49. The summed E-state index contributed by atoms with van der Waals surface area (Å²) in [6.07, 6.45) is 3.12. The van der Waals surface area contributed by atoms with Gasteiger partial charge in [-0.25, -0.2) is 4.90 Å². The maximum absolute atomic E-state index is 13.1. The molecule has 0 unspecified atom stereocenters. The van der Waals surface area contributed by atoms with Gasteiger partial charge >= 0.3 is 0 Å². The molecule has 2 atom stereocenters. The fourth-order valence-corrected chi connectivity index (χ4v) is 4.15. The number of anilines is 2. The molecule has 2 aromatic carbocycles. The lowest BCUT2D eigenvalue weighted by molar-refractivity contribution is -0.122. The molecule has 2 aromatic rings. The molecule has 152 valence electrons. The van der Waals surface area contributed by atoms with Gasteiger partial charge in [-0.1, -0.05) is 35.9 Å². The predicted molar refractivity (Wildman–Crippen MR) is 113 cm³/mol. The van der Waals surface area contributed by atoms with Crippen molar-refractivity contribution in [3.8, 4) is 0 Å². The van der Waals surface area contributed by atoms with E-state index in [1.807, 2.05) is 13.0 Å². The zero-order chi connectivity index (χ0) is 21.4. The topological polar surface area (TPSA) is 83.6 Å². The third-order valence-electron chi connectivity index (χ3n) is 5.74. The molecule has 1 fully saturated rings. The molecule has 4 rings (SSSR count). The molecule has 1 aliphatic heterocycles. The predicted octanol–water partition coefficient (Wildman–Crippen LogP) is 3.99. The van der Waals surface area contributed by atoms with Crippen LogP contribution in [-0.2, 0) is 9.59 Å². The largest absolute Gasteiger partial charge is 0.322 e. The summed E-state index contributed by atoms with van der Waals surface area (Å²) in [4.78, 5) is 51.8. The number of Topliss-reactive ketones (excluding diaryl/α,β-unsaturated/α-hetero) is 1. The van der Waals surface area contributed by atoms with E-state index < -0.39 is 5.91 Å². The van der Waals surface area contributed by atoms with Crippen LogP contribution in [-0.4, -0.2) is 23.5 Å². The number of hydrogen-bond acceptors (Lipinski definition) is 4. The van der Waals surface area contributed by atoms with E-state index in [9.17, 15) is 19.2 Å². The van der Waals surface area contributed by atoms with Crippen LogP contribution in [0.4, 0.5) is 11.4 Å². The summed E-state index contributed by atoms with van der Waals surface area (Å²) in [5.41, 5.74) is 2.58. The number of carbonyl (C=O) groups excluding carboxylic acids is 4. The van der Waals surface area contributed by atoms with Crippen LogP contribution in [0.1, 0.15) is 47.4 Å². The summed E-state index contributed by atoms with van der Waals surface area (Å²) in [7, 11) is 0. The van der Waals surface area contributed by atoms with Gasteiger partial charge in [0.25, 0.3) is 5.91 Å². The third kappa shape index (κ3) is 3.45. The maximum atomic E-state index is 13.1. The number of allylic oxidation sites excluding steroid dienone is 2. The minimum atomic E-state index is -0.448. The van der Waals surface area contributed by atoms with Crippen molar-refractivity contribution >= 4 is 34.9 Å². The standard InChI is InChI=1S/C24H22N2O4/c1-14-10-11-18-20(12-14)24(30)26(23(18)29)21-9-4-3-8-19(21)22(28)25-17-7-5-6-16(13-17)15(2)27/h3-10,13,18,20H,11-12H2,1-2H3,(H,25,28)/t18-,20-/m0/s1. The number of hydrogen-bond donors (Lipinski definition) is 1. The molecule has 0 radical (unpaired) electrons. The SMILES string of the molecule is CC(=O)c1cccc(NC(=O)c2ccccc2N2C(=O)[C@H]3CC=C(C)C[C@@H]3C2=O)c1. The lowest BCUT2D eigenvalue weighted by Gasteiger charge is -2.19. The number of carbonyl (C=O) groups is 4. The molecule has 0 bridgehead atoms. The smallest absolute Gasteiger partial charge is 0.257 e. The van der Waals surface area contributed by atoms with E-state index >= 15 is 0 Å². The van der Waals surface area contributed by atoms with Crippen LogP contribution in [0.25, 0.3) is 0 Å². The Kier molecular flexibility index (Phi) is 5.08. The van der Waals surface area contributed by atoms with Crippen LogP contribution in [0, 0.1) is 11.8 Å². The number of fused-ring (bicyclic) bond motifs is 1. The summed E-state index contributed by atoms with van der Waals surface area (Å²) >= 11 is 0. The average Bonchev–Trinajstić information content (AvgIpc) is 2.97. The van der Waals surface area contributed by atoms with Gasteiger partial charge in [-0.05, 0) is 51.0 Å². The number of benzene rings is 2. The second-order valence-corrected chi connectivity index (χ2v) is 7.82. The van der Waals surface area contributed by atoms with E-state index in [1.165, 1.54) is 11.8 Å². The van der Waals surface area contributed by atoms with Crippen molar-refractivity contribution in [2.24, 2.45) is 11.8 Å². The molecule has 1 saturated heterocycles. The van der Waals surface area contributed by atoms with Crippen LogP contribution in [0.3, 0.4) is 0 Å². The molecule has 0 saturated carbocycles. The Morgan fingerprint density at radius 3 is 2.50 bits per heavy atom. The first-order valence-electron chi connectivity index (χ1n) is 9.91. The van der Waals surface area contributed by atoms with Gasteiger partial charge in [0.2, 0.25) is 11.8 Å². The first kappa shape index (κ1) is 19.8. The summed E-state index contributed by atoms with van der Waals surface area (Å²) < 4.78 is 0. The van der Waals surface area contributed by atoms with Crippen LogP contribution in [0.15, 0.2) is 60.2 Å². The number of nitrogens with one attached hydrogen (secondary N) is 1. The molecule has 30 heavy (non-hydrogen) atoms. The first-order valence-corrected chi connectivity index (χ1v) is 9.91. The van der Waals surface area contributed by atoms with Gasteiger partial charge in [0.05, 0.1) is 23.1 Å². The molecule has 6 heteroatoms. The van der Waals surface area contributed by atoms with Gasteiger partial charge in [0.1, 0.15) is 0 Å². The second-order valence-electron chi connectivity index (χ2n) is 7.82. The first-order chi connectivity index (χ1) is 14.4. The molecule has 2 aliphatic rings. The molecule has 1 N–H and O–H groups in total. The van der Waals surface area contributed by atoms with Crippen molar-refractivity contribution in [1.29, 1.82) is 0 Å². The van der Waals surface area contributed by atoms with Crippen molar-refractivity contribution in [3.63, 3.8) is 0 Å². The van der Waals surface area contributed by atoms with E-state index in [-0.39, 0.29) is 35.0 Å². The fraction of sp³-hybridized carbons (Fsp3) is 0.250. The molecule has 3 amide bonds. The summed E-state index contributed by atoms with van der Waals surface area (Å²) in [6, 6.07) is 13.2. The molecule has 6 nitrogen and oxygen atoms in total. The van der Waals surface area contributed by atoms with Crippen molar-refractivity contribution in [2.75, 3.05) is 10.2 Å². The Morgan fingerprint density at radius 1 is 1.00 bits per heavy atom. The normalized spacial score (nSPS) is 20.6. The van der Waals surface area contributed by atoms with E-state index in [2.05, 4.69) is 5.32 Å². The summed E-state index contributed by atoms with van der Waals surface area (Å²) in [6.45, 7) is 3.42. The van der Waals surface area contributed by atoms with E-state index in [4.69, 9.17) is 0 Å². The van der Waals surface area contributed by atoms with Crippen molar-refractivity contribution in [3.05, 3.63) is 71.3 Å². The van der Waals surface area contributed by atoms with Crippen molar-refractivity contribution in [2.45, 2.75) is 26.7 Å². The van der Waals surface area contributed by atoms with Crippen molar-refractivity contribution in [1.82, 2.24) is 0 Å². The number of ketones is 1. The quantitative estimate of drug-likeness (QED) is 0.476. The Morgan fingerprint density at radius 2 is 1.73 bits per heavy atom. The minimum Gasteiger partial charge on any atom is -0.322 e. The van der Waals surface area contributed by atoms with Gasteiger partial charge in [0.15, 0.2) is 5.78 Å². The van der Waals surface area contributed by atoms with Gasteiger partial charge in [-0.15, -0.1) is 0 Å². The van der Waals surface area contributed by atoms with Crippen LogP contribution >= 0.6 is 0 Å². The Bertz CT molecular complexity index is 1100. The molecule has 1 heterocycles. The average molecular weight is 402 g/mol. The lowest BCUT2D eigenvalue weighted by atomic mass is 9.82. The van der Waals surface area contributed by atoms with E-state index in [0.717, 1.165) is 5.57 Å². The second kappa shape index (κ2) is 7.71. The molecular formula is C24H22N2O4. The summed E-state index contributed by atoms with van der Waals surface area (Å²) in [5, 5.41) is 2.77. The fourth-order valence-electron chi connectivity index (χ4n) is 4.15. The zero-order valence-electron chi connectivity index (χ0n) is 16.8. The van der Waals surface area contributed by atoms with Gasteiger partial charge in [-0.3, -0.25) is 19.2 Å². The van der Waals surface area contributed by atoms with Crippen LogP contribution in [0.5, 0.6) is 0 Å². The minimum absolute atomic E-state index is 0.105. The Balaban J connectivity index is 1.64. The van der Waals surface area contributed by atoms with E-state index in [0.29, 0.717) is 29.8 Å². The Labute approximate surface area is 174 Å².